The van der Waals surface area contributed by atoms with Crippen LogP contribution in [0.5, 0.6) is 23.0 Å². The van der Waals surface area contributed by atoms with Gasteiger partial charge in [0.1, 0.15) is 17.5 Å². The van der Waals surface area contributed by atoms with Crippen LogP contribution in [0.25, 0.3) is 0 Å². The number of nitrogen functional groups attached to an aromatic ring is 1. The zero-order chi connectivity index (χ0) is 20.0. The van der Waals surface area contributed by atoms with E-state index in [2.05, 4.69) is 4.99 Å². The van der Waals surface area contributed by atoms with Crippen molar-refractivity contribution in [3.05, 3.63) is 35.9 Å². The molecule has 1 aliphatic carbocycles. The number of hydrogen-bond acceptors (Lipinski definition) is 8. The number of carbonyl (C=O) groups is 2. The average molecular weight is 394 g/mol. The molecule has 148 valence electrons. The smallest absolute Gasteiger partial charge is 0.231 e. The Balaban J connectivity index is 1.66. The number of ketones is 2. The van der Waals surface area contributed by atoms with Crippen LogP contribution in [0, 0.1) is 5.92 Å². The normalized spacial score (nSPS) is 18.4. The van der Waals surface area contributed by atoms with E-state index in [9.17, 15) is 9.59 Å². The fraction of sp³-hybridized carbons (Fsp3) is 0.286. The number of hydrogen-bond donors (Lipinski definition) is 1. The van der Waals surface area contributed by atoms with Crippen LogP contribution < -0.4 is 24.7 Å². The molecule has 2 aliphatic heterocycles. The molecule has 8 nitrogen and oxygen atoms in total. The number of ether oxygens (including phenoxy) is 4. The predicted octanol–water partition coefficient (Wildman–Crippen LogP) is 2.79. The highest BCUT2D eigenvalue weighted by Gasteiger charge is 2.36. The van der Waals surface area contributed by atoms with Crippen molar-refractivity contribution >= 4 is 28.7 Å². The van der Waals surface area contributed by atoms with Crippen molar-refractivity contribution in [2.75, 3.05) is 19.3 Å². The minimum absolute atomic E-state index is 0.0914. The minimum Gasteiger partial charge on any atom is -0.454 e. The molecule has 2 heterocycles. The summed E-state index contributed by atoms with van der Waals surface area (Å²) in [7, 11) is 0. The van der Waals surface area contributed by atoms with Gasteiger partial charge in [-0.3, -0.25) is 14.6 Å². The number of benzene rings is 2. The standard InChI is InChI=1S/C21H18N2O6/c22-13-8-19-18(28-10-29-19)7-12(13)21(20-14(24)2-1-3-15(20)25)23-11-4-5-16-17(6-11)27-9-26-16/h4-8,20H,1-3,9-10,22H2. The SMILES string of the molecule is Nc1cc2c(cc1C(=Nc1ccc3c(c1)OCO3)C1C(=O)CCCC1=O)OCO2. The molecule has 0 spiro atoms. The van der Waals surface area contributed by atoms with Crippen LogP contribution in [-0.2, 0) is 9.59 Å². The van der Waals surface area contributed by atoms with Gasteiger partial charge in [0.05, 0.1) is 11.4 Å². The highest BCUT2D eigenvalue weighted by Crippen LogP contribution is 2.39. The fourth-order valence-electron chi connectivity index (χ4n) is 3.76. The van der Waals surface area contributed by atoms with Crippen LogP contribution in [0.1, 0.15) is 24.8 Å². The molecule has 1 saturated carbocycles. The van der Waals surface area contributed by atoms with Crippen molar-refractivity contribution in [3.8, 4) is 23.0 Å². The monoisotopic (exact) mass is 394 g/mol. The van der Waals surface area contributed by atoms with Crippen molar-refractivity contribution < 1.29 is 28.5 Å². The van der Waals surface area contributed by atoms with Crippen molar-refractivity contribution in [2.45, 2.75) is 19.3 Å². The first kappa shape index (κ1) is 17.5. The molecule has 29 heavy (non-hydrogen) atoms. The van der Waals surface area contributed by atoms with E-state index in [0.29, 0.717) is 64.9 Å². The van der Waals surface area contributed by atoms with Gasteiger partial charge in [-0.1, -0.05) is 0 Å². The number of rotatable bonds is 3. The summed E-state index contributed by atoms with van der Waals surface area (Å²) in [4.78, 5) is 30.1. The van der Waals surface area contributed by atoms with Gasteiger partial charge < -0.3 is 24.7 Å². The van der Waals surface area contributed by atoms with Crippen LogP contribution >= 0.6 is 0 Å². The second-order valence-corrected chi connectivity index (χ2v) is 7.05. The summed E-state index contributed by atoms with van der Waals surface area (Å²) in [6, 6.07) is 8.51. The summed E-state index contributed by atoms with van der Waals surface area (Å²) in [5.41, 5.74) is 7.95. The Morgan fingerprint density at radius 1 is 0.862 bits per heavy atom. The van der Waals surface area contributed by atoms with E-state index in [1.54, 1.807) is 30.3 Å². The Morgan fingerprint density at radius 2 is 1.48 bits per heavy atom. The van der Waals surface area contributed by atoms with Gasteiger partial charge in [-0.05, 0) is 24.6 Å². The third-order valence-corrected chi connectivity index (χ3v) is 5.19. The summed E-state index contributed by atoms with van der Waals surface area (Å²) < 4.78 is 21.6. The molecule has 0 amide bonds. The molecule has 1 fully saturated rings. The van der Waals surface area contributed by atoms with Crippen LogP contribution in [0.15, 0.2) is 35.3 Å². The summed E-state index contributed by atoms with van der Waals surface area (Å²) in [5, 5.41) is 0. The number of nitrogens with two attached hydrogens (primary N) is 1. The molecule has 3 aliphatic rings. The van der Waals surface area contributed by atoms with Gasteiger partial charge in [0.2, 0.25) is 13.6 Å². The van der Waals surface area contributed by atoms with E-state index in [1.165, 1.54) is 0 Å². The highest BCUT2D eigenvalue weighted by molar-refractivity contribution is 6.28. The van der Waals surface area contributed by atoms with Gasteiger partial charge in [-0.2, -0.15) is 0 Å². The first-order chi connectivity index (χ1) is 14.1. The van der Waals surface area contributed by atoms with Gasteiger partial charge >= 0.3 is 0 Å². The molecule has 2 aromatic rings. The topological polar surface area (TPSA) is 109 Å². The van der Waals surface area contributed by atoms with Crippen LogP contribution in [0.4, 0.5) is 11.4 Å². The largest absolute Gasteiger partial charge is 0.454 e. The van der Waals surface area contributed by atoms with E-state index in [1.807, 2.05) is 0 Å². The number of nitrogens with zero attached hydrogens (tertiary/aromatic N) is 1. The Kier molecular flexibility index (Phi) is 4.12. The van der Waals surface area contributed by atoms with Crippen molar-refractivity contribution in [2.24, 2.45) is 10.9 Å². The van der Waals surface area contributed by atoms with E-state index >= 15 is 0 Å². The zero-order valence-electron chi connectivity index (χ0n) is 15.5. The molecule has 0 unspecified atom stereocenters. The lowest BCUT2D eigenvalue weighted by atomic mass is 9.80. The first-order valence-electron chi connectivity index (χ1n) is 9.33. The molecule has 2 N–H and O–H groups in total. The van der Waals surface area contributed by atoms with Crippen LogP contribution in [-0.4, -0.2) is 30.9 Å². The second kappa shape index (κ2) is 6.80. The maximum absolute atomic E-state index is 12.7. The van der Waals surface area contributed by atoms with E-state index in [4.69, 9.17) is 24.7 Å². The molecule has 0 atom stereocenters. The fourth-order valence-corrected chi connectivity index (χ4v) is 3.76. The molecule has 0 bridgehead atoms. The molecule has 0 saturated heterocycles. The number of carbonyl (C=O) groups excluding carboxylic acids is 2. The second-order valence-electron chi connectivity index (χ2n) is 7.05. The lowest BCUT2D eigenvalue weighted by molar-refractivity contribution is -0.132. The van der Waals surface area contributed by atoms with Crippen molar-refractivity contribution in [1.29, 1.82) is 0 Å². The summed E-state index contributed by atoms with van der Waals surface area (Å²) in [5.74, 6) is 0.939. The Morgan fingerprint density at radius 3 is 2.21 bits per heavy atom. The molecular weight excluding hydrogens is 376 g/mol. The highest BCUT2D eigenvalue weighted by atomic mass is 16.7. The van der Waals surface area contributed by atoms with Gasteiger partial charge in [0, 0.05) is 36.2 Å². The van der Waals surface area contributed by atoms with E-state index < -0.39 is 5.92 Å². The Labute approximate surface area is 166 Å². The van der Waals surface area contributed by atoms with E-state index in [0.717, 1.165) is 0 Å². The molecule has 5 rings (SSSR count). The number of anilines is 1. The Hall–Kier alpha value is -3.55. The number of Topliss-reactive ketones (excluding diaryl/α,β-unsaturated/α-hetero) is 2. The van der Waals surface area contributed by atoms with Gasteiger partial charge in [0.25, 0.3) is 0 Å². The molecule has 0 radical (unpaired) electrons. The van der Waals surface area contributed by atoms with Crippen molar-refractivity contribution in [3.63, 3.8) is 0 Å². The summed E-state index contributed by atoms with van der Waals surface area (Å²) in [6.07, 6.45) is 1.23. The van der Waals surface area contributed by atoms with Gasteiger partial charge in [-0.25, -0.2) is 0 Å². The first-order valence-corrected chi connectivity index (χ1v) is 9.33. The van der Waals surface area contributed by atoms with Gasteiger partial charge in [0.15, 0.2) is 23.0 Å². The van der Waals surface area contributed by atoms with Crippen LogP contribution in [0.3, 0.4) is 0 Å². The lowest BCUT2D eigenvalue weighted by Crippen LogP contribution is -2.36. The Bertz CT molecular complexity index is 1050. The number of fused-ring (bicyclic) bond motifs is 2. The van der Waals surface area contributed by atoms with E-state index in [-0.39, 0.29) is 25.2 Å². The maximum Gasteiger partial charge on any atom is 0.231 e. The zero-order valence-corrected chi connectivity index (χ0v) is 15.5. The van der Waals surface area contributed by atoms with Crippen molar-refractivity contribution in [1.82, 2.24) is 0 Å². The minimum atomic E-state index is -0.961. The molecule has 2 aromatic carbocycles. The van der Waals surface area contributed by atoms with Crippen LogP contribution in [0.2, 0.25) is 0 Å². The third kappa shape index (κ3) is 3.06. The third-order valence-electron chi connectivity index (χ3n) is 5.19. The molecule has 8 heteroatoms. The quantitative estimate of drug-likeness (QED) is 0.484. The summed E-state index contributed by atoms with van der Waals surface area (Å²) >= 11 is 0. The molecular formula is C21H18N2O6. The van der Waals surface area contributed by atoms with Gasteiger partial charge in [-0.15, -0.1) is 0 Å². The summed E-state index contributed by atoms with van der Waals surface area (Å²) in [6.45, 7) is 0.234. The lowest BCUT2D eigenvalue weighted by Gasteiger charge is -2.22. The maximum atomic E-state index is 12.7. The predicted molar refractivity (Wildman–Crippen MR) is 103 cm³/mol. The number of aliphatic imine (C=N–C) groups is 1. The average Bonchev–Trinajstić information content (AvgIpc) is 3.34. The molecule has 0 aromatic heterocycles.